The van der Waals surface area contributed by atoms with Crippen molar-refractivity contribution in [3.8, 4) is 0 Å². The van der Waals surface area contributed by atoms with Crippen LogP contribution in [0.2, 0.25) is 0 Å². The Morgan fingerprint density at radius 2 is 1.95 bits per heavy atom. The van der Waals surface area contributed by atoms with Crippen molar-refractivity contribution in [2.24, 2.45) is 0 Å². The second-order valence-corrected chi connectivity index (χ2v) is 6.07. The van der Waals surface area contributed by atoms with Gasteiger partial charge < -0.3 is 10.4 Å². The van der Waals surface area contributed by atoms with Crippen LogP contribution in [0.15, 0.2) is 18.2 Å². The van der Waals surface area contributed by atoms with Crippen molar-refractivity contribution in [1.29, 1.82) is 0 Å². The fourth-order valence-corrected chi connectivity index (χ4v) is 2.57. The Labute approximate surface area is 119 Å². The molecule has 4 heteroatoms. The molecule has 0 spiro atoms. The van der Waals surface area contributed by atoms with Gasteiger partial charge in [0.05, 0.1) is 0 Å². The number of nitrogens with one attached hydrogen (secondary N) is 1. The third kappa shape index (κ3) is 3.59. The maximum absolute atomic E-state index is 12.2. The molecule has 0 bridgehead atoms. The molecule has 20 heavy (non-hydrogen) atoms. The molecule has 0 unspecified atom stereocenters. The van der Waals surface area contributed by atoms with Crippen LogP contribution >= 0.6 is 0 Å². The zero-order chi connectivity index (χ0) is 14.8. The van der Waals surface area contributed by atoms with E-state index in [0.29, 0.717) is 12.0 Å². The van der Waals surface area contributed by atoms with E-state index < -0.39 is 11.5 Å². The predicted octanol–water partition coefficient (Wildman–Crippen LogP) is 2.55. The van der Waals surface area contributed by atoms with Crippen molar-refractivity contribution < 1.29 is 14.7 Å². The summed E-state index contributed by atoms with van der Waals surface area (Å²) in [4.78, 5) is 22.9. The molecule has 1 aliphatic rings. The Kier molecular flexibility index (Phi) is 4.12. The number of fused-ring (bicyclic) bond motifs is 1. The molecule has 0 aromatic heterocycles. The quantitative estimate of drug-likeness (QED) is 0.868. The summed E-state index contributed by atoms with van der Waals surface area (Å²) >= 11 is 0. The number of rotatable bonds is 5. The summed E-state index contributed by atoms with van der Waals surface area (Å²) in [6.07, 6.45) is 3.77. The van der Waals surface area contributed by atoms with Gasteiger partial charge in [0.25, 0.3) is 5.91 Å². The van der Waals surface area contributed by atoms with Crippen molar-refractivity contribution in [1.82, 2.24) is 5.32 Å². The minimum absolute atomic E-state index is 0.0530. The summed E-state index contributed by atoms with van der Waals surface area (Å²) in [6, 6.07) is 5.85. The van der Waals surface area contributed by atoms with Gasteiger partial charge in [-0.05, 0) is 62.8 Å². The molecule has 108 valence electrons. The molecule has 0 heterocycles. The maximum Gasteiger partial charge on any atom is 0.303 e. The summed E-state index contributed by atoms with van der Waals surface area (Å²) in [5, 5.41) is 11.6. The summed E-state index contributed by atoms with van der Waals surface area (Å²) < 4.78 is 0. The SMILES string of the molecule is CC(C)(CCC(=O)O)NC(=O)c1ccc2c(c1)CCC2. The van der Waals surface area contributed by atoms with Crippen LogP contribution < -0.4 is 5.32 Å². The predicted molar refractivity (Wildman–Crippen MR) is 76.9 cm³/mol. The lowest BCUT2D eigenvalue weighted by atomic mass is 9.97. The van der Waals surface area contributed by atoms with Crippen molar-refractivity contribution in [2.75, 3.05) is 0 Å². The standard InChI is InChI=1S/C16H21NO3/c1-16(2,9-8-14(18)19)17-15(20)13-7-6-11-4-3-5-12(11)10-13/h6-7,10H,3-5,8-9H2,1-2H3,(H,17,20)(H,18,19). The van der Waals surface area contributed by atoms with Crippen LogP contribution in [-0.2, 0) is 17.6 Å². The number of carbonyl (C=O) groups is 2. The normalized spacial score (nSPS) is 13.9. The monoisotopic (exact) mass is 275 g/mol. The number of aliphatic carboxylic acids is 1. The van der Waals surface area contributed by atoms with Crippen molar-refractivity contribution in [2.45, 2.75) is 51.5 Å². The fraction of sp³-hybridized carbons (Fsp3) is 0.500. The lowest BCUT2D eigenvalue weighted by Gasteiger charge is -2.25. The largest absolute Gasteiger partial charge is 0.481 e. The van der Waals surface area contributed by atoms with Crippen molar-refractivity contribution in [3.05, 3.63) is 34.9 Å². The van der Waals surface area contributed by atoms with Gasteiger partial charge in [0.1, 0.15) is 0 Å². The number of amides is 1. The molecule has 0 radical (unpaired) electrons. The number of aryl methyl sites for hydroxylation is 2. The third-order valence-corrected chi connectivity index (χ3v) is 3.78. The van der Waals surface area contributed by atoms with Crippen molar-refractivity contribution in [3.63, 3.8) is 0 Å². The van der Waals surface area contributed by atoms with Gasteiger partial charge in [-0.25, -0.2) is 0 Å². The number of hydrogen-bond acceptors (Lipinski definition) is 2. The number of hydrogen-bond donors (Lipinski definition) is 2. The average molecular weight is 275 g/mol. The fourth-order valence-electron chi connectivity index (χ4n) is 2.57. The number of carbonyl (C=O) groups excluding carboxylic acids is 1. The van der Waals surface area contributed by atoms with E-state index in [2.05, 4.69) is 5.32 Å². The highest BCUT2D eigenvalue weighted by atomic mass is 16.4. The second-order valence-electron chi connectivity index (χ2n) is 6.07. The first-order chi connectivity index (χ1) is 9.37. The molecule has 1 aromatic carbocycles. The van der Waals surface area contributed by atoms with Crippen LogP contribution in [0.1, 0.15) is 54.6 Å². The van der Waals surface area contributed by atoms with Crippen LogP contribution in [0.25, 0.3) is 0 Å². The molecule has 2 N–H and O–H groups in total. The summed E-state index contributed by atoms with van der Waals surface area (Å²) in [5.74, 6) is -0.972. The van der Waals surface area contributed by atoms with E-state index in [4.69, 9.17) is 5.11 Å². The summed E-state index contributed by atoms with van der Waals surface area (Å²) in [7, 11) is 0. The molecular weight excluding hydrogens is 254 g/mol. The summed E-state index contributed by atoms with van der Waals surface area (Å²) in [6.45, 7) is 3.70. The molecule has 0 fully saturated rings. The first-order valence-corrected chi connectivity index (χ1v) is 7.03. The molecular formula is C16H21NO3. The Balaban J connectivity index is 2.02. The molecule has 2 rings (SSSR count). The van der Waals surface area contributed by atoms with Gasteiger partial charge in [-0.2, -0.15) is 0 Å². The van der Waals surface area contributed by atoms with Crippen LogP contribution in [0.4, 0.5) is 0 Å². The Hall–Kier alpha value is -1.84. The Bertz CT molecular complexity index is 535. The van der Waals surface area contributed by atoms with Gasteiger partial charge in [-0.3, -0.25) is 9.59 Å². The summed E-state index contributed by atoms with van der Waals surface area (Å²) in [5.41, 5.74) is 2.75. The highest BCUT2D eigenvalue weighted by molar-refractivity contribution is 5.95. The smallest absolute Gasteiger partial charge is 0.303 e. The van der Waals surface area contributed by atoms with E-state index >= 15 is 0 Å². The lowest BCUT2D eigenvalue weighted by Crippen LogP contribution is -2.43. The number of benzene rings is 1. The second kappa shape index (κ2) is 5.65. The molecule has 1 amide bonds. The minimum Gasteiger partial charge on any atom is -0.481 e. The van der Waals surface area contributed by atoms with Crippen LogP contribution in [0.5, 0.6) is 0 Å². The van der Waals surface area contributed by atoms with Gasteiger partial charge in [-0.15, -0.1) is 0 Å². The maximum atomic E-state index is 12.2. The van der Waals surface area contributed by atoms with Gasteiger partial charge in [0.2, 0.25) is 0 Å². The molecule has 0 saturated heterocycles. The Morgan fingerprint density at radius 1 is 1.25 bits per heavy atom. The van der Waals surface area contributed by atoms with Gasteiger partial charge in [-0.1, -0.05) is 6.07 Å². The first kappa shape index (κ1) is 14.6. The minimum atomic E-state index is -0.843. The highest BCUT2D eigenvalue weighted by Crippen LogP contribution is 2.23. The van der Waals surface area contributed by atoms with Crippen molar-refractivity contribution >= 4 is 11.9 Å². The molecule has 0 saturated carbocycles. The average Bonchev–Trinajstić information content (AvgIpc) is 2.83. The van der Waals surface area contributed by atoms with E-state index in [1.165, 1.54) is 11.1 Å². The van der Waals surface area contributed by atoms with Crippen LogP contribution in [0.3, 0.4) is 0 Å². The van der Waals surface area contributed by atoms with Gasteiger partial charge >= 0.3 is 5.97 Å². The topological polar surface area (TPSA) is 66.4 Å². The Morgan fingerprint density at radius 3 is 2.65 bits per heavy atom. The lowest BCUT2D eigenvalue weighted by molar-refractivity contribution is -0.137. The van der Waals surface area contributed by atoms with Crippen LogP contribution in [0, 0.1) is 0 Å². The highest BCUT2D eigenvalue weighted by Gasteiger charge is 2.23. The number of carboxylic acid groups (broad SMARTS) is 1. The zero-order valence-corrected chi connectivity index (χ0v) is 12.0. The first-order valence-electron chi connectivity index (χ1n) is 7.03. The van der Waals surface area contributed by atoms with Gasteiger partial charge in [0, 0.05) is 17.5 Å². The van der Waals surface area contributed by atoms with E-state index in [9.17, 15) is 9.59 Å². The number of carboxylic acids is 1. The van der Waals surface area contributed by atoms with E-state index in [-0.39, 0.29) is 12.3 Å². The van der Waals surface area contributed by atoms with E-state index in [1.807, 2.05) is 32.0 Å². The van der Waals surface area contributed by atoms with Gasteiger partial charge in [0.15, 0.2) is 0 Å². The third-order valence-electron chi connectivity index (χ3n) is 3.78. The molecule has 0 atom stereocenters. The molecule has 4 nitrogen and oxygen atoms in total. The van der Waals surface area contributed by atoms with E-state index in [1.54, 1.807) is 0 Å². The van der Waals surface area contributed by atoms with Crippen LogP contribution in [-0.4, -0.2) is 22.5 Å². The molecule has 1 aliphatic carbocycles. The molecule has 0 aliphatic heterocycles. The zero-order valence-electron chi connectivity index (χ0n) is 12.0. The van der Waals surface area contributed by atoms with E-state index in [0.717, 1.165) is 19.3 Å². The molecule has 1 aromatic rings.